The number of H-pyrrole nitrogens is 2. The third-order valence-corrected chi connectivity index (χ3v) is 2.63. The number of nitrogens with zero attached hydrogens (tertiary/aromatic N) is 2. The van der Waals surface area contributed by atoms with E-state index in [0.717, 1.165) is 27.7 Å². The van der Waals surface area contributed by atoms with E-state index in [2.05, 4.69) is 20.4 Å². The summed E-state index contributed by atoms with van der Waals surface area (Å²) in [5.74, 6) is 0. The van der Waals surface area contributed by atoms with Crippen molar-refractivity contribution in [3.05, 3.63) is 36.2 Å². The van der Waals surface area contributed by atoms with E-state index in [1.807, 2.05) is 24.4 Å². The van der Waals surface area contributed by atoms with E-state index in [1.165, 1.54) is 0 Å². The predicted molar refractivity (Wildman–Crippen MR) is 61.6 cm³/mol. The Morgan fingerprint density at radius 2 is 2.25 bits per heavy atom. The molecule has 0 aliphatic carbocycles. The zero-order valence-electron chi connectivity index (χ0n) is 8.57. The normalized spacial score (nSPS) is 11.1. The molecule has 0 radical (unpaired) electrons. The molecule has 0 atom stereocenters. The van der Waals surface area contributed by atoms with Crippen LogP contribution in [0.2, 0.25) is 0 Å². The number of aromatic amines is 2. The second-order valence-corrected chi connectivity index (χ2v) is 3.64. The summed E-state index contributed by atoms with van der Waals surface area (Å²) in [6, 6.07) is 6.07. The van der Waals surface area contributed by atoms with Crippen molar-refractivity contribution in [3.8, 4) is 11.3 Å². The van der Waals surface area contributed by atoms with E-state index < -0.39 is 0 Å². The van der Waals surface area contributed by atoms with Gasteiger partial charge >= 0.3 is 0 Å². The molecule has 0 fully saturated rings. The van der Waals surface area contributed by atoms with Crippen LogP contribution in [0.15, 0.2) is 30.6 Å². The fraction of sp³-hybridized carbons (Fsp3) is 0.0909. The largest absolute Gasteiger partial charge is 0.326 e. The summed E-state index contributed by atoms with van der Waals surface area (Å²) in [6.45, 7) is 0.538. The monoisotopic (exact) mass is 213 g/mol. The molecule has 2 heterocycles. The Balaban J connectivity index is 2.21. The molecule has 0 spiro atoms. The van der Waals surface area contributed by atoms with Crippen LogP contribution in [-0.4, -0.2) is 20.4 Å². The first-order valence-corrected chi connectivity index (χ1v) is 5.04. The highest BCUT2D eigenvalue weighted by molar-refractivity contribution is 5.92. The van der Waals surface area contributed by atoms with Gasteiger partial charge in [0, 0.05) is 23.7 Å². The minimum absolute atomic E-state index is 0.538. The molecule has 0 saturated carbocycles. The predicted octanol–water partition coefficient (Wildman–Crippen LogP) is 1.41. The second-order valence-electron chi connectivity index (χ2n) is 3.64. The highest BCUT2D eigenvalue weighted by Gasteiger charge is 2.08. The van der Waals surface area contributed by atoms with Crippen LogP contribution in [0, 0.1) is 0 Å². The number of nitrogens with two attached hydrogens (primary N) is 1. The zero-order valence-corrected chi connectivity index (χ0v) is 8.57. The fourth-order valence-electron chi connectivity index (χ4n) is 1.79. The Kier molecular flexibility index (Phi) is 1.97. The van der Waals surface area contributed by atoms with Gasteiger partial charge in [-0.2, -0.15) is 10.2 Å². The number of hydrogen-bond acceptors (Lipinski definition) is 3. The van der Waals surface area contributed by atoms with Crippen LogP contribution >= 0.6 is 0 Å². The number of rotatable bonds is 2. The van der Waals surface area contributed by atoms with Crippen LogP contribution in [0.5, 0.6) is 0 Å². The maximum Gasteiger partial charge on any atom is 0.103 e. The van der Waals surface area contributed by atoms with Gasteiger partial charge in [-0.15, -0.1) is 0 Å². The lowest BCUT2D eigenvalue weighted by Gasteiger charge is -1.96. The maximum absolute atomic E-state index is 5.59. The first-order chi connectivity index (χ1) is 7.88. The van der Waals surface area contributed by atoms with Crippen molar-refractivity contribution in [3.63, 3.8) is 0 Å². The van der Waals surface area contributed by atoms with Crippen molar-refractivity contribution in [2.24, 2.45) is 5.73 Å². The molecular weight excluding hydrogens is 202 g/mol. The van der Waals surface area contributed by atoms with Crippen molar-refractivity contribution in [1.29, 1.82) is 0 Å². The maximum atomic E-state index is 5.59. The lowest BCUT2D eigenvalue weighted by atomic mass is 10.1. The van der Waals surface area contributed by atoms with Gasteiger partial charge in [-0.3, -0.25) is 10.2 Å². The van der Waals surface area contributed by atoms with Crippen LogP contribution in [0.1, 0.15) is 5.56 Å². The number of hydrogen-bond donors (Lipinski definition) is 3. The number of fused-ring (bicyclic) bond motifs is 1. The van der Waals surface area contributed by atoms with Gasteiger partial charge < -0.3 is 5.73 Å². The quantitative estimate of drug-likeness (QED) is 0.601. The third kappa shape index (κ3) is 1.30. The molecule has 0 bridgehead atoms. The molecule has 0 saturated heterocycles. The van der Waals surface area contributed by atoms with E-state index in [-0.39, 0.29) is 0 Å². The van der Waals surface area contributed by atoms with E-state index in [9.17, 15) is 0 Å². The standard InChI is InChI=1S/C11H11N5/c12-4-7-1-2-9-10(3-7)15-16-11(9)8-5-13-14-6-8/h1-3,5-6H,4,12H2,(H,13,14)(H,15,16). The van der Waals surface area contributed by atoms with Gasteiger partial charge in [0.2, 0.25) is 0 Å². The summed E-state index contributed by atoms with van der Waals surface area (Å²) in [5, 5.41) is 15.1. The van der Waals surface area contributed by atoms with Crippen molar-refractivity contribution in [2.75, 3.05) is 0 Å². The Bertz CT molecular complexity index is 608. The smallest absolute Gasteiger partial charge is 0.103 e. The SMILES string of the molecule is NCc1ccc2c(-c3cn[nH]c3)n[nH]c2c1. The first-order valence-electron chi connectivity index (χ1n) is 5.04. The summed E-state index contributed by atoms with van der Waals surface area (Å²) in [7, 11) is 0. The lowest BCUT2D eigenvalue weighted by Crippen LogP contribution is -1.95. The molecule has 1 aromatic carbocycles. The van der Waals surface area contributed by atoms with Crippen LogP contribution in [0.25, 0.3) is 22.2 Å². The van der Waals surface area contributed by atoms with Gasteiger partial charge in [0.25, 0.3) is 0 Å². The summed E-state index contributed by atoms with van der Waals surface area (Å²) in [6.07, 6.45) is 3.58. The average Bonchev–Trinajstić information content (AvgIpc) is 2.96. The van der Waals surface area contributed by atoms with Crippen LogP contribution in [0.3, 0.4) is 0 Å². The molecule has 80 valence electrons. The van der Waals surface area contributed by atoms with Gasteiger partial charge in [0.15, 0.2) is 0 Å². The molecule has 5 heteroatoms. The Morgan fingerprint density at radius 1 is 1.31 bits per heavy atom. The Morgan fingerprint density at radius 3 is 3.00 bits per heavy atom. The van der Waals surface area contributed by atoms with E-state index in [1.54, 1.807) is 6.20 Å². The highest BCUT2D eigenvalue weighted by Crippen LogP contribution is 2.25. The summed E-state index contributed by atoms with van der Waals surface area (Å²) < 4.78 is 0. The van der Waals surface area contributed by atoms with E-state index in [4.69, 9.17) is 5.73 Å². The average molecular weight is 213 g/mol. The minimum atomic E-state index is 0.538. The number of benzene rings is 1. The fourth-order valence-corrected chi connectivity index (χ4v) is 1.79. The minimum Gasteiger partial charge on any atom is -0.326 e. The number of nitrogens with one attached hydrogen (secondary N) is 2. The first kappa shape index (κ1) is 9.11. The van der Waals surface area contributed by atoms with Crippen LogP contribution < -0.4 is 5.73 Å². The Labute approximate surface area is 91.7 Å². The molecule has 2 aromatic heterocycles. The molecule has 3 rings (SSSR count). The molecule has 3 aromatic rings. The van der Waals surface area contributed by atoms with Gasteiger partial charge in [-0.05, 0) is 11.6 Å². The molecule has 5 nitrogen and oxygen atoms in total. The molecule has 0 unspecified atom stereocenters. The number of aromatic nitrogens is 4. The van der Waals surface area contributed by atoms with Gasteiger partial charge in [0.1, 0.15) is 5.69 Å². The van der Waals surface area contributed by atoms with Gasteiger partial charge in [-0.1, -0.05) is 12.1 Å². The molecule has 4 N–H and O–H groups in total. The summed E-state index contributed by atoms with van der Waals surface area (Å²) in [4.78, 5) is 0. The highest BCUT2D eigenvalue weighted by atomic mass is 15.1. The summed E-state index contributed by atoms with van der Waals surface area (Å²) >= 11 is 0. The van der Waals surface area contributed by atoms with E-state index in [0.29, 0.717) is 6.54 Å². The van der Waals surface area contributed by atoms with Crippen molar-refractivity contribution in [2.45, 2.75) is 6.54 Å². The molecule has 16 heavy (non-hydrogen) atoms. The Hall–Kier alpha value is -2.14. The second kappa shape index (κ2) is 3.46. The van der Waals surface area contributed by atoms with Gasteiger partial charge in [-0.25, -0.2) is 0 Å². The zero-order chi connectivity index (χ0) is 11.0. The summed E-state index contributed by atoms with van der Waals surface area (Å²) in [5.41, 5.74) is 9.57. The third-order valence-electron chi connectivity index (χ3n) is 2.63. The molecule has 0 amide bonds. The van der Waals surface area contributed by atoms with Crippen LogP contribution in [0.4, 0.5) is 0 Å². The topological polar surface area (TPSA) is 83.4 Å². The molecular formula is C11H11N5. The van der Waals surface area contributed by atoms with Crippen molar-refractivity contribution >= 4 is 10.9 Å². The van der Waals surface area contributed by atoms with E-state index >= 15 is 0 Å². The van der Waals surface area contributed by atoms with Crippen molar-refractivity contribution < 1.29 is 0 Å². The lowest BCUT2D eigenvalue weighted by molar-refractivity contribution is 1.07. The van der Waals surface area contributed by atoms with Crippen molar-refractivity contribution in [1.82, 2.24) is 20.4 Å². The molecule has 0 aliphatic rings. The van der Waals surface area contributed by atoms with Crippen LogP contribution in [-0.2, 0) is 6.54 Å². The molecule has 0 aliphatic heterocycles. The van der Waals surface area contributed by atoms with Gasteiger partial charge in [0.05, 0.1) is 11.7 Å².